The molecule has 2 aromatic rings. The van der Waals surface area contributed by atoms with Crippen LogP contribution < -0.4 is 15.8 Å². The molecule has 0 atom stereocenters. The molecule has 0 fully saturated rings. The van der Waals surface area contributed by atoms with E-state index in [0.717, 1.165) is 16.5 Å². The summed E-state index contributed by atoms with van der Waals surface area (Å²) in [4.78, 5) is 4.24. The zero-order valence-corrected chi connectivity index (χ0v) is 11.8. The molecule has 0 spiro atoms. The molecule has 0 aliphatic rings. The molecule has 2 rings (SSSR count). The fourth-order valence-electron chi connectivity index (χ4n) is 1.85. The van der Waals surface area contributed by atoms with Gasteiger partial charge in [0, 0.05) is 6.54 Å². The third-order valence-corrected chi connectivity index (χ3v) is 2.79. The number of para-hydroxylation sites is 1. The highest BCUT2D eigenvalue weighted by Gasteiger charge is 2.13. The van der Waals surface area contributed by atoms with Crippen LogP contribution in [0.1, 0.15) is 12.7 Å². The standard InChI is InChI=1S/C15H19N3O2/c1-10(2)8-17-15(16)18-9-13-14(19-3)11-6-4-5-7-12(11)20-13/h4-7H,1,8-9H2,2-3H3,(H3,16,17,18). The maximum absolute atomic E-state index is 5.77. The minimum Gasteiger partial charge on any atom is -0.492 e. The van der Waals surface area contributed by atoms with Crippen LogP contribution in [0, 0.1) is 0 Å². The molecule has 1 heterocycles. The third-order valence-electron chi connectivity index (χ3n) is 2.79. The van der Waals surface area contributed by atoms with Crippen molar-refractivity contribution in [3.05, 3.63) is 42.2 Å². The van der Waals surface area contributed by atoms with E-state index in [1.54, 1.807) is 7.11 Å². The number of rotatable bonds is 5. The number of methoxy groups -OCH3 is 1. The van der Waals surface area contributed by atoms with Gasteiger partial charge in [-0.1, -0.05) is 24.3 Å². The summed E-state index contributed by atoms with van der Waals surface area (Å²) >= 11 is 0. The molecule has 5 heteroatoms. The van der Waals surface area contributed by atoms with E-state index in [2.05, 4.69) is 16.9 Å². The number of hydrogen-bond donors (Lipinski definition) is 2. The predicted octanol–water partition coefficient (Wildman–Crippen LogP) is 2.42. The van der Waals surface area contributed by atoms with Gasteiger partial charge in [-0.3, -0.25) is 0 Å². The zero-order valence-electron chi connectivity index (χ0n) is 11.8. The van der Waals surface area contributed by atoms with Crippen molar-refractivity contribution in [1.82, 2.24) is 5.32 Å². The number of hydrogen-bond acceptors (Lipinski definition) is 3. The molecule has 0 bridgehead atoms. The first-order chi connectivity index (χ1) is 9.61. The van der Waals surface area contributed by atoms with Crippen molar-refractivity contribution in [2.24, 2.45) is 10.7 Å². The Labute approximate surface area is 118 Å². The zero-order chi connectivity index (χ0) is 14.5. The number of aliphatic imine (C=N–C) groups is 1. The lowest BCUT2D eigenvalue weighted by Crippen LogP contribution is -2.32. The summed E-state index contributed by atoms with van der Waals surface area (Å²) in [6.45, 7) is 6.64. The third kappa shape index (κ3) is 3.12. The van der Waals surface area contributed by atoms with Gasteiger partial charge in [0.25, 0.3) is 0 Å². The molecule has 0 amide bonds. The number of nitrogens with zero attached hydrogens (tertiary/aromatic N) is 1. The Morgan fingerprint density at radius 2 is 2.20 bits per heavy atom. The number of fused-ring (bicyclic) bond motifs is 1. The Bertz CT molecular complexity index is 644. The van der Waals surface area contributed by atoms with E-state index >= 15 is 0 Å². The summed E-state index contributed by atoms with van der Waals surface area (Å²) in [5.41, 5.74) is 7.54. The molecule has 5 nitrogen and oxygen atoms in total. The van der Waals surface area contributed by atoms with Gasteiger partial charge in [-0.25, -0.2) is 4.99 Å². The van der Waals surface area contributed by atoms with Crippen molar-refractivity contribution in [3.63, 3.8) is 0 Å². The summed E-state index contributed by atoms with van der Waals surface area (Å²) in [6, 6.07) is 7.71. The maximum atomic E-state index is 5.77. The Hall–Kier alpha value is -2.43. The van der Waals surface area contributed by atoms with Gasteiger partial charge in [0.1, 0.15) is 12.1 Å². The second kappa shape index (κ2) is 6.14. The van der Waals surface area contributed by atoms with Crippen molar-refractivity contribution in [3.8, 4) is 5.75 Å². The summed E-state index contributed by atoms with van der Waals surface area (Å²) in [5.74, 6) is 1.72. The van der Waals surface area contributed by atoms with Crippen LogP contribution >= 0.6 is 0 Å². The molecule has 0 radical (unpaired) electrons. The molecule has 3 N–H and O–H groups in total. The lowest BCUT2D eigenvalue weighted by atomic mass is 10.2. The molecule has 1 aromatic heterocycles. The van der Waals surface area contributed by atoms with Crippen LogP contribution in [0.4, 0.5) is 0 Å². The van der Waals surface area contributed by atoms with Crippen molar-refractivity contribution in [1.29, 1.82) is 0 Å². The van der Waals surface area contributed by atoms with E-state index in [1.807, 2.05) is 31.2 Å². The Kier molecular flexibility index (Phi) is 4.30. The minimum atomic E-state index is 0.326. The van der Waals surface area contributed by atoms with Gasteiger partial charge in [-0.15, -0.1) is 0 Å². The fourth-order valence-corrected chi connectivity index (χ4v) is 1.85. The van der Waals surface area contributed by atoms with Crippen molar-refractivity contribution in [2.75, 3.05) is 13.7 Å². The van der Waals surface area contributed by atoms with E-state index in [4.69, 9.17) is 14.9 Å². The van der Waals surface area contributed by atoms with E-state index in [9.17, 15) is 0 Å². The van der Waals surface area contributed by atoms with E-state index in [-0.39, 0.29) is 0 Å². The number of ether oxygens (including phenoxy) is 1. The van der Waals surface area contributed by atoms with Gasteiger partial charge in [0.05, 0.1) is 12.5 Å². The Balaban J connectivity index is 2.17. The number of benzene rings is 1. The average molecular weight is 273 g/mol. The topological polar surface area (TPSA) is 72.8 Å². The number of guanidine groups is 1. The van der Waals surface area contributed by atoms with Crippen LogP contribution in [-0.2, 0) is 6.54 Å². The van der Waals surface area contributed by atoms with Crippen LogP contribution in [0.2, 0.25) is 0 Å². The van der Waals surface area contributed by atoms with Gasteiger partial charge in [-0.05, 0) is 19.1 Å². The smallest absolute Gasteiger partial charge is 0.189 e. The van der Waals surface area contributed by atoms with Crippen LogP contribution in [0.5, 0.6) is 5.75 Å². The normalized spacial score (nSPS) is 11.6. The highest BCUT2D eigenvalue weighted by Crippen LogP contribution is 2.33. The number of nitrogens with two attached hydrogens (primary N) is 1. The molecule has 0 aliphatic heterocycles. The van der Waals surface area contributed by atoms with Gasteiger partial charge in [-0.2, -0.15) is 0 Å². The van der Waals surface area contributed by atoms with Crippen molar-refractivity contribution < 1.29 is 9.15 Å². The Morgan fingerprint density at radius 3 is 2.90 bits per heavy atom. The maximum Gasteiger partial charge on any atom is 0.189 e. The minimum absolute atomic E-state index is 0.326. The molecule has 1 aromatic carbocycles. The summed E-state index contributed by atoms with van der Waals surface area (Å²) < 4.78 is 11.1. The van der Waals surface area contributed by atoms with Gasteiger partial charge in [0.2, 0.25) is 0 Å². The first-order valence-electron chi connectivity index (χ1n) is 6.34. The molecule has 0 saturated carbocycles. The van der Waals surface area contributed by atoms with Crippen molar-refractivity contribution in [2.45, 2.75) is 13.5 Å². The highest BCUT2D eigenvalue weighted by atomic mass is 16.5. The molecular weight excluding hydrogens is 254 g/mol. The second-order valence-electron chi connectivity index (χ2n) is 4.57. The number of nitrogens with one attached hydrogen (secondary N) is 1. The molecule has 0 saturated heterocycles. The van der Waals surface area contributed by atoms with E-state index < -0.39 is 0 Å². The predicted molar refractivity (Wildman–Crippen MR) is 80.9 cm³/mol. The lowest BCUT2D eigenvalue weighted by molar-refractivity contribution is 0.397. The summed E-state index contributed by atoms with van der Waals surface area (Å²) in [5, 5.41) is 3.91. The Morgan fingerprint density at radius 1 is 1.45 bits per heavy atom. The molecular formula is C15H19N3O2. The quantitative estimate of drug-likeness (QED) is 0.498. The molecule has 20 heavy (non-hydrogen) atoms. The van der Waals surface area contributed by atoms with Gasteiger partial charge < -0.3 is 20.2 Å². The van der Waals surface area contributed by atoms with E-state index in [0.29, 0.717) is 30.6 Å². The van der Waals surface area contributed by atoms with Gasteiger partial charge >= 0.3 is 0 Å². The lowest BCUT2D eigenvalue weighted by Gasteiger charge is -2.04. The molecule has 0 unspecified atom stereocenters. The number of furan rings is 1. The summed E-state index contributed by atoms with van der Waals surface area (Å²) in [7, 11) is 1.62. The van der Waals surface area contributed by atoms with E-state index in [1.165, 1.54) is 0 Å². The molecule has 0 aliphatic carbocycles. The van der Waals surface area contributed by atoms with Crippen LogP contribution in [0.15, 0.2) is 45.8 Å². The van der Waals surface area contributed by atoms with Crippen LogP contribution in [-0.4, -0.2) is 19.6 Å². The van der Waals surface area contributed by atoms with Gasteiger partial charge in [0.15, 0.2) is 17.5 Å². The summed E-state index contributed by atoms with van der Waals surface area (Å²) in [6.07, 6.45) is 0. The highest BCUT2D eigenvalue weighted by molar-refractivity contribution is 5.85. The average Bonchev–Trinajstić information content (AvgIpc) is 2.80. The SMILES string of the molecule is C=C(C)CNC(N)=NCc1oc2ccccc2c1OC. The first kappa shape index (κ1) is 14.0. The van der Waals surface area contributed by atoms with Crippen LogP contribution in [0.25, 0.3) is 11.0 Å². The monoisotopic (exact) mass is 273 g/mol. The second-order valence-corrected chi connectivity index (χ2v) is 4.57. The largest absolute Gasteiger partial charge is 0.492 e. The first-order valence-corrected chi connectivity index (χ1v) is 6.34. The van der Waals surface area contributed by atoms with Crippen LogP contribution in [0.3, 0.4) is 0 Å². The van der Waals surface area contributed by atoms with Crippen molar-refractivity contribution >= 4 is 16.9 Å². The molecule has 106 valence electrons. The fraction of sp³-hybridized carbons (Fsp3) is 0.267.